The van der Waals surface area contributed by atoms with E-state index in [1.54, 1.807) is 12.1 Å². The first-order valence-corrected chi connectivity index (χ1v) is 7.68. The maximum atomic E-state index is 11.0. The molecular weight excluding hydrogens is 320 g/mol. The molecule has 0 saturated carbocycles. The highest BCUT2D eigenvalue weighted by Crippen LogP contribution is 2.37. The van der Waals surface area contributed by atoms with Gasteiger partial charge in [-0.25, -0.2) is 0 Å². The molecule has 0 aliphatic heterocycles. The Morgan fingerprint density at radius 1 is 0.960 bits per heavy atom. The van der Waals surface area contributed by atoms with Gasteiger partial charge in [0.25, 0.3) is 0 Å². The highest BCUT2D eigenvalue weighted by atomic mass is 16.3. The second-order valence-electron chi connectivity index (χ2n) is 5.04. The molecule has 0 aromatic heterocycles. The SMILES string of the molecule is CCN(CC)c1ccc(N=Nc2c(C#N)cc(N=O)cc2N=O)cc1. The summed E-state index contributed by atoms with van der Waals surface area (Å²) in [7, 11) is 0. The summed E-state index contributed by atoms with van der Waals surface area (Å²) >= 11 is 0. The molecule has 0 fully saturated rings. The fourth-order valence-corrected chi connectivity index (χ4v) is 2.34. The van der Waals surface area contributed by atoms with Crippen LogP contribution in [-0.4, -0.2) is 13.1 Å². The first-order valence-electron chi connectivity index (χ1n) is 7.68. The number of nitroso groups, excluding NO2 is 2. The number of hydrogen-bond acceptors (Lipinski definition) is 8. The average Bonchev–Trinajstić information content (AvgIpc) is 2.67. The Morgan fingerprint density at radius 2 is 1.64 bits per heavy atom. The minimum atomic E-state index is -0.155. The van der Waals surface area contributed by atoms with Crippen LogP contribution in [0.2, 0.25) is 0 Å². The molecular formula is C17H16N6O2. The van der Waals surface area contributed by atoms with Crippen molar-refractivity contribution < 1.29 is 0 Å². The second kappa shape index (κ2) is 8.40. The molecule has 0 spiro atoms. The van der Waals surface area contributed by atoms with Crippen LogP contribution in [0.5, 0.6) is 0 Å². The van der Waals surface area contributed by atoms with Crippen LogP contribution in [0, 0.1) is 21.1 Å². The summed E-state index contributed by atoms with van der Waals surface area (Å²) in [5.74, 6) is 0. The van der Waals surface area contributed by atoms with Gasteiger partial charge in [0, 0.05) is 18.8 Å². The highest BCUT2D eigenvalue weighted by Gasteiger charge is 2.12. The molecule has 8 nitrogen and oxygen atoms in total. The predicted molar refractivity (Wildman–Crippen MR) is 96.2 cm³/mol. The molecule has 0 bridgehead atoms. The van der Waals surface area contributed by atoms with E-state index in [1.165, 1.54) is 12.1 Å². The zero-order valence-electron chi connectivity index (χ0n) is 13.9. The third kappa shape index (κ3) is 4.09. The van der Waals surface area contributed by atoms with E-state index in [9.17, 15) is 9.81 Å². The number of anilines is 1. The van der Waals surface area contributed by atoms with Gasteiger partial charge in [0.15, 0.2) is 0 Å². The minimum absolute atomic E-state index is 0.00945. The van der Waals surface area contributed by atoms with Gasteiger partial charge in [-0.1, -0.05) is 0 Å². The maximum Gasteiger partial charge on any atom is 0.139 e. The molecule has 0 aliphatic carbocycles. The number of nitrogens with zero attached hydrogens (tertiary/aromatic N) is 6. The predicted octanol–water partition coefficient (Wildman–Crippen LogP) is 5.62. The normalized spacial score (nSPS) is 10.4. The van der Waals surface area contributed by atoms with Gasteiger partial charge in [-0.05, 0) is 60.6 Å². The van der Waals surface area contributed by atoms with Gasteiger partial charge < -0.3 is 4.90 Å². The van der Waals surface area contributed by atoms with E-state index in [-0.39, 0.29) is 22.6 Å². The molecule has 25 heavy (non-hydrogen) atoms. The molecule has 2 rings (SSSR count). The van der Waals surface area contributed by atoms with E-state index >= 15 is 0 Å². The number of hydrogen-bond donors (Lipinski definition) is 0. The van der Waals surface area contributed by atoms with Crippen molar-refractivity contribution in [1.82, 2.24) is 0 Å². The minimum Gasteiger partial charge on any atom is -0.372 e. The maximum absolute atomic E-state index is 11.0. The van der Waals surface area contributed by atoms with E-state index in [2.05, 4.69) is 39.3 Å². The summed E-state index contributed by atoms with van der Waals surface area (Å²) in [4.78, 5) is 23.7. The Bertz CT molecular complexity index is 835. The summed E-state index contributed by atoms with van der Waals surface area (Å²) in [6.07, 6.45) is 0. The molecule has 0 aliphatic rings. The summed E-state index contributed by atoms with van der Waals surface area (Å²) in [6.45, 7) is 5.95. The molecule has 2 aromatic rings. The number of azo groups is 1. The number of benzene rings is 2. The molecule has 126 valence electrons. The Hall–Kier alpha value is -3.47. The van der Waals surface area contributed by atoms with Crippen molar-refractivity contribution in [1.29, 1.82) is 5.26 Å². The van der Waals surface area contributed by atoms with E-state index < -0.39 is 0 Å². The fraction of sp³-hybridized carbons (Fsp3) is 0.235. The Labute approximate surface area is 144 Å². The third-order valence-corrected chi connectivity index (χ3v) is 3.64. The average molecular weight is 336 g/mol. The van der Waals surface area contributed by atoms with Crippen LogP contribution in [0.3, 0.4) is 0 Å². The van der Waals surface area contributed by atoms with Crippen molar-refractivity contribution in [2.45, 2.75) is 13.8 Å². The van der Waals surface area contributed by atoms with Crippen LogP contribution in [0.4, 0.5) is 28.4 Å². The first kappa shape index (κ1) is 17.9. The smallest absolute Gasteiger partial charge is 0.139 e. The largest absolute Gasteiger partial charge is 0.372 e. The molecule has 0 saturated heterocycles. The Kier molecular flexibility index (Phi) is 6.01. The summed E-state index contributed by atoms with van der Waals surface area (Å²) in [5.41, 5.74) is 1.44. The lowest BCUT2D eigenvalue weighted by Gasteiger charge is -2.20. The zero-order chi connectivity index (χ0) is 18.2. The van der Waals surface area contributed by atoms with Crippen LogP contribution in [0.25, 0.3) is 0 Å². The van der Waals surface area contributed by atoms with E-state index in [4.69, 9.17) is 5.26 Å². The van der Waals surface area contributed by atoms with E-state index in [0.29, 0.717) is 5.69 Å². The van der Waals surface area contributed by atoms with Crippen molar-refractivity contribution in [3.8, 4) is 6.07 Å². The van der Waals surface area contributed by atoms with Crippen LogP contribution in [0.1, 0.15) is 19.4 Å². The monoisotopic (exact) mass is 336 g/mol. The summed E-state index contributed by atoms with van der Waals surface area (Å²) < 4.78 is 0. The Balaban J connectivity index is 2.34. The van der Waals surface area contributed by atoms with Crippen molar-refractivity contribution in [3.05, 3.63) is 51.8 Å². The molecule has 8 heteroatoms. The van der Waals surface area contributed by atoms with Crippen LogP contribution < -0.4 is 4.90 Å². The van der Waals surface area contributed by atoms with Crippen molar-refractivity contribution in [2.75, 3.05) is 18.0 Å². The van der Waals surface area contributed by atoms with Gasteiger partial charge in [-0.2, -0.15) is 10.4 Å². The third-order valence-electron chi connectivity index (χ3n) is 3.64. The van der Waals surface area contributed by atoms with Gasteiger partial charge in [-0.3, -0.25) is 0 Å². The number of nitriles is 1. The lowest BCUT2D eigenvalue weighted by Crippen LogP contribution is -2.21. The zero-order valence-corrected chi connectivity index (χ0v) is 13.9. The number of rotatable bonds is 7. The summed E-state index contributed by atoms with van der Waals surface area (Å²) in [5, 5.41) is 22.7. The van der Waals surface area contributed by atoms with E-state index in [0.717, 1.165) is 18.8 Å². The highest BCUT2D eigenvalue weighted by molar-refractivity contribution is 5.74. The Morgan fingerprint density at radius 3 is 2.16 bits per heavy atom. The first-order chi connectivity index (χ1) is 12.2. The van der Waals surface area contributed by atoms with Crippen LogP contribution in [-0.2, 0) is 0 Å². The quantitative estimate of drug-likeness (QED) is 0.482. The van der Waals surface area contributed by atoms with Gasteiger partial charge in [0.2, 0.25) is 0 Å². The lowest BCUT2D eigenvalue weighted by molar-refractivity contribution is 0.866. The summed E-state index contributed by atoms with van der Waals surface area (Å²) in [6, 6.07) is 11.7. The molecule has 0 heterocycles. The molecule has 0 radical (unpaired) electrons. The van der Waals surface area contributed by atoms with Crippen molar-refractivity contribution >= 4 is 28.4 Å². The fourth-order valence-electron chi connectivity index (χ4n) is 2.34. The van der Waals surface area contributed by atoms with Gasteiger partial charge in [0.05, 0.1) is 11.3 Å². The van der Waals surface area contributed by atoms with Crippen molar-refractivity contribution in [3.63, 3.8) is 0 Å². The second-order valence-corrected chi connectivity index (χ2v) is 5.04. The topological polar surface area (TPSA) is 111 Å². The van der Waals surface area contributed by atoms with Gasteiger partial charge in [0.1, 0.15) is 23.1 Å². The van der Waals surface area contributed by atoms with Crippen LogP contribution >= 0.6 is 0 Å². The van der Waals surface area contributed by atoms with Crippen LogP contribution in [0.15, 0.2) is 57.0 Å². The lowest BCUT2D eigenvalue weighted by atomic mass is 10.1. The van der Waals surface area contributed by atoms with Gasteiger partial charge in [-0.15, -0.1) is 14.9 Å². The van der Waals surface area contributed by atoms with Crippen molar-refractivity contribution in [2.24, 2.45) is 20.6 Å². The van der Waals surface area contributed by atoms with Gasteiger partial charge >= 0.3 is 0 Å². The molecule has 0 N–H and O–H groups in total. The molecule has 0 atom stereocenters. The molecule has 0 unspecified atom stereocenters. The standard InChI is InChI=1S/C17H16N6O2/c1-3-23(4-2)15-7-5-13(6-8-15)19-20-17-12(11-18)9-14(21-24)10-16(17)22-25/h5-10H,3-4H2,1-2H3. The molecule has 2 aromatic carbocycles. The molecule has 0 amide bonds. The van der Waals surface area contributed by atoms with E-state index in [1.807, 2.05) is 18.2 Å².